The molecule has 3 heterocycles. The van der Waals surface area contributed by atoms with E-state index in [4.69, 9.17) is 17.0 Å². The smallest absolute Gasteiger partial charge is 0.197 e. The average molecular weight is 537 g/mol. The molecule has 4 aromatic rings. The van der Waals surface area contributed by atoms with Crippen LogP contribution in [-0.4, -0.2) is 46.5 Å². The Labute approximate surface area is 232 Å². The molecule has 0 radical (unpaired) electrons. The van der Waals surface area contributed by atoms with Crippen LogP contribution in [0.5, 0.6) is 5.75 Å². The van der Waals surface area contributed by atoms with Crippen LogP contribution in [-0.2, 0) is 6.42 Å². The second-order valence-electron chi connectivity index (χ2n) is 9.86. The minimum atomic E-state index is -0.534. The van der Waals surface area contributed by atoms with Crippen LogP contribution in [0.3, 0.4) is 0 Å². The number of benzene rings is 2. The number of carbonyl (C=O) groups excluding carboxylic acids is 1. The molecule has 9 heteroatoms. The van der Waals surface area contributed by atoms with Crippen LogP contribution in [0, 0.1) is 12.4 Å². The maximum atomic E-state index is 14.7. The van der Waals surface area contributed by atoms with E-state index in [1.165, 1.54) is 25.4 Å². The average Bonchev–Trinajstić information content (AvgIpc) is 2.97. The van der Waals surface area contributed by atoms with Gasteiger partial charge in [-0.3, -0.25) is 9.78 Å². The van der Waals surface area contributed by atoms with Crippen molar-refractivity contribution < 1.29 is 13.9 Å². The van der Waals surface area contributed by atoms with Gasteiger partial charge in [-0.2, -0.15) is 0 Å². The molecule has 1 saturated heterocycles. The number of ketones is 1. The Morgan fingerprint density at radius 1 is 1.23 bits per heavy atom. The van der Waals surface area contributed by atoms with Gasteiger partial charge in [0.1, 0.15) is 17.3 Å². The second kappa shape index (κ2) is 11.6. The van der Waals surface area contributed by atoms with Crippen LogP contribution in [0.4, 0.5) is 15.8 Å². The van der Waals surface area contributed by atoms with E-state index < -0.39 is 5.82 Å². The largest absolute Gasteiger partial charge is 0.496 e. The molecule has 0 amide bonds. The van der Waals surface area contributed by atoms with Crippen molar-refractivity contribution in [2.45, 2.75) is 38.3 Å². The summed E-state index contributed by atoms with van der Waals surface area (Å²) in [7, 11) is 1.44. The van der Waals surface area contributed by atoms with Gasteiger partial charge >= 0.3 is 0 Å². The molecule has 202 valence electrons. The van der Waals surface area contributed by atoms with E-state index in [0.29, 0.717) is 5.69 Å². The zero-order valence-electron chi connectivity index (χ0n) is 22.3. The normalized spacial score (nSPS) is 16.8. The van der Waals surface area contributed by atoms with Gasteiger partial charge < -0.3 is 15.4 Å². The van der Waals surface area contributed by atoms with Crippen LogP contribution in [0.2, 0.25) is 0 Å². The van der Waals surface area contributed by atoms with Crippen molar-refractivity contribution in [3.63, 3.8) is 0 Å². The third kappa shape index (κ3) is 5.40. The second-order valence-corrected chi connectivity index (χ2v) is 9.86. The third-order valence-electron chi connectivity index (χ3n) is 7.25. The van der Waals surface area contributed by atoms with Crippen molar-refractivity contribution in [2.24, 2.45) is 5.73 Å². The molecule has 2 N–H and O–H groups in total. The van der Waals surface area contributed by atoms with Crippen molar-refractivity contribution in [3.8, 4) is 28.3 Å². The Hall–Kier alpha value is -4.68. The van der Waals surface area contributed by atoms with Gasteiger partial charge in [0.05, 0.1) is 19.2 Å². The molecule has 0 unspecified atom stereocenters. The first kappa shape index (κ1) is 26.9. The number of pyridine rings is 1. The molecule has 0 spiro atoms. The van der Waals surface area contributed by atoms with E-state index in [0.717, 1.165) is 41.8 Å². The number of hydrogen-bond donors (Lipinski definition) is 1. The first-order valence-electron chi connectivity index (χ1n) is 13.1. The van der Waals surface area contributed by atoms with Gasteiger partial charge in [-0.15, -0.1) is 0 Å². The SMILES string of the molecule is [C-]#[N+]c1ccncc1-c1ccc(CC(=O)c2ccnc(-c3c(F)cccc3OC)n2)c(N2CC[C@H](N)C[C@@H]2C)c1. The predicted molar refractivity (Wildman–Crippen MR) is 152 cm³/mol. The zero-order chi connectivity index (χ0) is 28.2. The predicted octanol–water partition coefficient (Wildman–Crippen LogP) is 5.65. The number of anilines is 1. The number of aromatic nitrogens is 3. The van der Waals surface area contributed by atoms with Gasteiger partial charge in [0.25, 0.3) is 0 Å². The first-order chi connectivity index (χ1) is 19.4. The number of halogens is 1. The summed E-state index contributed by atoms with van der Waals surface area (Å²) in [4.78, 5) is 32.3. The minimum absolute atomic E-state index is 0.0817. The summed E-state index contributed by atoms with van der Waals surface area (Å²) in [5.41, 5.74) is 10.4. The maximum absolute atomic E-state index is 14.7. The van der Waals surface area contributed by atoms with Crippen LogP contribution < -0.4 is 15.4 Å². The fourth-order valence-corrected chi connectivity index (χ4v) is 5.21. The van der Waals surface area contributed by atoms with Crippen LogP contribution in [0.1, 0.15) is 35.8 Å². The highest BCUT2D eigenvalue weighted by Gasteiger charge is 2.27. The molecule has 1 fully saturated rings. The molecule has 2 aromatic carbocycles. The molecule has 2 atom stereocenters. The third-order valence-corrected chi connectivity index (χ3v) is 7.25. The summed E-state index contributed by atoms with van der Waals surface area (Å²) in [6.45, 7) is 10.5. The highest BCUT2D eigenvalue weighted by molar-refractivity contribution is 5.97. The molecule has 1 aliphatic rings. The van der Waals surface area contributed by atoms with Crippen LogP contribution >= 0.6 is 0 Å². The number of Topliss-reactive ketones (excluding diaryl/α,β-unsaturated/α-hetero) is 1. The van der Waals surface area contributed by atoms with Crippen molar-refractivity contribution >= 4 is 17.2 Å². The number of nitrogens with two attached hydrogens (primary N) is 1. The topological polar surface area (TPSA) is 98.6 Å². The van der Waals surface area contributed by atoms with E-state index in [2.05, 4.69) is 31.6 Å². The minimum Gasteiger partial charge on any atom is -0.496 e. The Morgan fingerprint density at radius 2 is 2.08 bits per heavy atom. The molecule has 0 bridgehead atoms. The van der Waals surface area contributed by atoms with Crippen LogP contribution in [0.25, 0.3) is 27.4 Å². The highest BCUT2D eigenvalue weighted by atomic mass is 19.1. The van der Waals surface area contributed by atoms with E-state index in [9.17, 15) is 9.18 Å². The molecule has 0 saturated carbocycles. The quantitative estimate of drug-likeness (QED) is 0.241. The van der Waals surface area contributed by atoms with Gasteiger partial charge in [-0.1, -0.05) is 18.2 Å². The zero-order valence-corrected chi connectivity index (χ0v) is 22.3. The van der Waals surface area contributed by atoms with E-state index in [1.54, 1.807) is 30.6 Å². The Bertz CT molecular complexity index is 1600. The Kier molecular flexibility index (Phi) is 7.80. The number of piperidine rings is 1. The number of nitrogens with zero attached hydrogens (tertiary/aromatic N) is 5. The van der Waals surface area contributed by atoms with E-state index in [-0.39, 0.29) is 47.1 Å². The fourth-order valence-electron chi connectivity index (χ4n) is 5.21. The lowest BCUT2D eigenvalue weighted by Gasteiger charge is -2.39. The lowest BCUT2D eigenvalue weighted by atomic mass is 9.94. The van der Waals surface area contributed by atoms with Crippen molar-refractivity contribution in [1.29, 1.82) is 0 Å². The summed E-state index contributed by atoms with van der Waals surface area (Å²) in [6.07, 6.45) is 6.49. The molecule has 1 aliphatic heterocycles. The number of methoxy groups -OCH3 is 1. The first-order valence-corrected chi connectivity index (χ1v) is 13.1. The monoisotopic (exact) mass is 536 g/mol. The number of ether oxygens (including phenoxy) is 1. The van der Waals surface area contributed by atoms with Crippen molar-refractivity contribution in [1.82, 2.24) is 15.0 Å². The van der Waals surface area contributed by atoms with Crippen LogP contribution in [0.15, 0.2) is 67.1 Å². The van der Waals surface area contributed by atoms with Gasteiger partial charge in [-0.25, -0.2) is 19.2 Å². The fraction of sp³-hybridized carbons (Fsp3) is 0.258. The summed E-state index contributed by atoms with van der Waals surface area (Å²) < 4.78 is 20.0. The number of rotatable bonds is 7. The van der Waals surface area contributed by atoms with Gasteiger partial charge in [0.2, 0.25) is 0 Å². The molecule has 40 heavy (non-hydrogen) atoms. The molecule has 2 aromatic heterocycles. The Balaban J connectivity index is 1.52. The summed E-state index contributed by atoms with van der Waals surface area (Å²) in [5.74, 6) is -0.391. The number of hydrogen-bond acceptors (Lipinski definition) is 7. The van der Waals surface area contributed by atoms with Gasteiger partial charge in [0.15, 0.2) is 17.3 Å². The lowest BCUT2D eigenvalue weighted by molar-refractivity contribution is 0.0988. The summed E-state index contributed by atoms with van der Waals surface area (Å²) >= 11 is 0. The van der Waals surface area contributed by atoms with Gasteiger partial charge in [-0.05, 0) is 61.2 Å². The van der Waals surface area contributed by atoms with Crippen molar-refractivity contribution in [3.05, 3.63) is 95.6 Å². The standard InChI is InChI=1S/C31H29FN6O2/c1-19-15-22(33)11-14-38(19)27-16-20(23-18-35-12-9-25(23)34-2)7-8-21(27)17-28(39)26-10-13-36-31(37-26)30-24(32)5-4-6-29(30)40-3/h4-10,12-13,16,18-19,22H,11,14-15,17,33H2,1,3H3/t19-,22-/m0/s1. The van der Waals surface area contributed by atoms with E-state index >= 15 is 0 Å². The molecule has 0 aliphatic carbocycles. The summed E-state index contributed by atoms with van der Waals surface area (Å²) in [5, 5.41) is 0. The molecule has 5 rings (SSSR count). The molecular formula is C31H29FN6O2. The van der Waals surface area contributed by atoms with Crippen molar-refractivity contribution in [2.75, 3.05) is 18.6 Å². The maximum Gasteiger partial charge on any atom is 0.197 e. The summed E-state index contributed by atoms with van der Waals surface area (Å²) in [6, 6.07) is 13.8. The lowest BCUT2D eigenvalue weighted by Crippen LogP contribution is -2.46. The highest BCUT2D eigenvalue weighted by Crippen LogP contribution is 2.36. The van der Waals surface area contributed by atoms with Gasteiger partial charge in [0, 0.05) is 54.9 Å². The molecule has 8 nitrogen and oxygen atoms in total. The Morgan fingerprint density at radius 3 is 2.85 bits per heavy atom. The number of carbonyl (C=O) groups is 1. The molecular weight excluding hydrogens is 507 g/mol. The van der Waals surface area contributed by atoms with E-state index in [1.807, 2.05) is 18.2 Å².